The Morgan fingerprint density at radius 3 is 2.57 bits per heavy atom. The quantitative estimate of drug-likeness (QED) is 0.191. The second-order valence-corrected chi connectivity index (χ2v) is 11.4. The van der Waals surface area contributed by atoms with E-state index in [0.717, 1.165) is 39.8 Å². The number of allylic oxidation sites excluding steroid dienone is 1. The number of benzene rings is 3. The van der Waals surface area contributed by atoms with Gasteiger partial charge in [0.05, 0.1) is 11.5 Å². The average molecular weight is 603 g/mol. The third-order valence-electron chi connectivity index (χ3n) is 7.06. The van der Waals surface area contributed by atoms with Crippen molar-refractivity contribution in [3.8, 4) is 11.5 Å². The summed E-state index contributed by atoms with van der Waals surface area (Å²) in [6.45, 7) is 7.22. The fourth-order valence-electron chi connectivity index (χ4n) is 4.97. The lowest BCUT2D eigenvalue weighted by Gasteiger charge is -2.29. The molecular formula is C33H31ClN2O5S. The van der Waals surface area contributed by atoms with Crippen LogP contribution in [0, 0.1) is 0 Å². The Balaban J connectivity index is 1.33. The van der Waals surface area contributed by atoms with E-state index in [0.29, 0.717) is 54.8 Å². The van der Waals surface area contributed by atoms with Crippen molar-refractivity contribution in [2.24, 2.45) is 0 Å². The summed E-state index contributed by atoms with van der Waals surface area (Å²) in [6, 6.07) is 19.1. The number of carbonyl (C=O) groups excluding carboxylic acids is 3. The molecule has 0 radical (unpaired) electrons. The number of nitrogens with zero attached hydrogens (tertiary/aromatic N) is 2. The van der Waals surface area contributed by atoms with Gasteiger partial charge in [-0.2, -0.15) is 0 Å². The summed E-state index contributed by atoms with van der Waals surface area (Å²) in [6.07, 6.45) is 4.68. The molecule has 2 aliphatic heterocycles. The molecule has 0 saturated carbocycles. The Labute approximate surface area is 254 Å². The van der Waals surface area contributed by atoms with Crippen LogP contribution in [0.5, 0.6) is 11.5 Å². The van der Waals surface area contributed by atoms with Gasteiger partial charge in [-0.05, 0) is 84.1 Å². The molecule has 0 atom stereocenters. The van der Waals surface area contributed by atoms with Crippen LogP contribution in [0.25, 0.3) is 6.08 Å². The first kappa shape index (κ1) is 29.5. The smallest absolute Gasteiger partial charge is 0.294 e. The van der Waals surface area contributed by atoms with Crippen molar-refractivity contribution in [3.05, 3.63) is 111 Å². The van der Waals surface area contributed by atoms with Crippen LogP contribution < -0.4 is 9.47 Å². The second-order valence-electron chi connectivity index (χ2n) is 9.95. The number of imide groups is 1. The van der Waals surface area contributed by atoms with E-state index in [1.165, 1.54) is 5.56 Å². The van der Waals surface area contributed by atoms with Gasteiger partial charge in [0.15, 0.2) is 11.5 Å². The third-order valence-corrected chi connectivity index (χ3v) is 8.22. The van der Waals surface area contributed by atoms with Gasteiger partial charge in [0, 0.05) is 23.7 Å². The van der Waals surface area contributed by atoms with Crippen LogP contribution in [0.2, 0.25) is 5.02 Å². The van der Waals surface area contributed by atoms with Crippen LogP contribution in [0.15, 0.2) is 78.2 Å². The van der Waals surface area contributed by atoms with E-state index in [1.807, 2.05) is 55.5 Å². The molecule has 0 spiro atoms. The molecule has 3 amide bonds. The summed E-state index contributed by atoms with van der Waals surface area (Å²) < 4.78 is 12.1. The SMILES string of the molecule is C=CCc1cc(/C=C2\SC(=O)N(CC(=O)N3CCc4ccccc4C3)C2=O)cc(OCC)c1OCc1ccc(Cl)cc1. The van der Waals surface area contributed by atoms with Crippen molar-refractivity contribution in [3.63, 3.8) is 0 Å². The number of amides is 3. The number of fused-ring (bicyclic) bond motifs is 1. The summed E-state index contributed by atoms with van der Waals surface area (Å²) >= 11 is 6.84. The normalized spacial score (nSPS) is 15.6. The summed E-state index contributed by atoms with van der Waals surface area (Å²) in [5.74, 6) is 0.381. The largest absolute Gasteiger partial charge is 0.490 e. The molecule has 0 bridgehead atoms. The Kier molecular flexibility index (Phi) is 9.35. The fraction of sp³-hybridized carbons (Fsp3) is 0.242. The fourth-order valence-corrected chi connectivity index (χ4v) is 5.93. The zero-order valence-corrected chi connectivity index (χ0v) is 24.9. The van der Waals surface area contributed by atoms with Gasteiger partial charge in [0.2, 0.25) is 5.91 Å². The van der Waals surface area contributed by atoms with E-state index in [2.05, 4.69) is 12.6 Å². The number of ether oxygens (including phenoxy) is 2. The van der Waals surface area contributed by atoms with Crippen LogP contribution in [-0.2, 0) is 35.6 Å². The lowest BCUT2D eigenvalue weighted by atomic mass is 10.00. The lowest BCUT2D eigenvalue weighted by Crippen LogP contribution is -2.44. The molecule has 2 heterocycles. The van der Waals surface area contributed by atoms with Gasteiger partial charge < -0.3 is 14.4 Å². The Morgan fingerprint density at radius 1 is 1.07 bits per heavy atom. The Hall–Kier alpha value is -4.01. The lowest BCUT2D eigenvalue weighted by molar-refractivity contribution is -0.136. The topological polar surface area (TPSA) is 76.2 Å². The Bertz CT molecular complexity index is 1550. The highest BCUT2D eigenvalue weighted by atomic mass is 35.5. The molecule has 0 aromatic heterocycles. The minimum absolute atomic E-state index is 0.248. The maximum absolute atomic E-state index is 13.3. The van der Waals surface area contributed by atoms with Crippen molar-refractivity contribution < 1.29 is 23.9 Å². The van der Waals surface area contributed by atoms with Gasteiger partial charge in [-0.15, -0.1) is 6.58 Å². The van der Waals surface area contributed by atoms with Gasteiger partial charge in [-0.1, -0.05) is 54.1 Å². The number of halogens is 1. The molecule has 9 heteroatoms. The molecule has 1 saturated heterocycles. The summed E-state index contributed by atoms with van der Waals surface area (Å²) in [7, 11) is 0. The van der Waals surface area contributed by atoms with Crippen LogP contribution in [0.1, 0.15) is 34.7 Å². The highest BCUT2D eigenvalue weighted by molar-refractivity contribution is 8.18. The summed E-state index contributed by atoms with van der Waals surface area (Å²) in [5.41, 5.74) is 4.77. The number of thioether (sulfide) groups is 1. The van der Waals surface area contributed by atoms with Gasteiger partial charge in [0.1, 0.15) is 13.2 Å². The highest BCUT2D eigenvalue weighted by Crippen LogP contribution is 2.38. The molecule has 0 N–H and O–H groups in total. The van der Waals surface area contributed by atoms with Crippen molar-refractivity contribution in [1.82, 2.24) is 9.80 Å². The molecule has 0 aliphatic carbocycles. The molecule has 3 aromatic carbocycles. The van der Waals surface area contributed by atoms with E-state index in [4.69, 9.17) is 21.1 Å². The molecule has 3 aromatic rings. The van der Waals surface area contributed by atoms with Crippen LogP contribution in [-0.4, -0.2) is 46.5 Å². The van der Waals surface area contributed by atoms with Gasteiger partial charge in [-0.3, -0.25) is 19.3 Å². The predicted octanol–water partition coefficient (Wildman–Crippen LogP) is 6.67. The molecule has 2 aliphatic rings. The minimum Gasteiger partial charge on any atom is -0.490 e. The number of rotatable bonds is 10. The molecule has 5 rings (SSSR count). The Morgan fingerprint density at radius 2 is 1.83 bits per heavy atom. The number of hydrogen-bond donors (Lipinski definition) is 0. The van der Waals surface area contributed by atoms with Crippen molar-refractivity contribution in [1.29, 1.82) is 0 Å². The zero-order chi connectivity index (χ0) is 29.6. The molecule has 216 valence electrons. The van der Waals surface area contributed by atoms with Crippen molar-refractivity contribution >= 4 is 46.5 Å². The van der Waals surface area contributed by atoms with Gasteiger partial charge >= 0.3 is 0 Å². The van der Waals surface area contributed by atoms with E-state index >= 15 is 0 Å². The highest BCUT2D eigenvalue weighted by Gasteiger charge is 2.37. The first-order chi connectivity index (χ1) is 20.4. The predicted molar refractivity (Wildman–Crippen MR) is 166 cm³/mol. The third kappa shape index (κ3) is 6.72. The standard InChI is InChI=1S/C33H31ClN2O5S/c1-3-7-25-16-23(17-28(40-4-2)31(25)41-21-22-10-12-27(34)13-11-22)18-29-32(38)36(33(39)42-29)20-30(37)35-15-14-24-8-5-6-9-26(24)19-35/h3,5-6,8-13,16-18H,1,4,7,14-15,19-21H2,2H3/b29-18-. The van der Waals surface area contributed by atoms with E-state index in [1.54, 1.807) is 23.1 Å². The average Bonchev–Trinajstić information content (AvgIpc) is 3.24. The van der Waals surface area contributed by atoms with Gasteiger partial charge in [0.25, 0.3) is 11.1 Å². The molecule has 7 nitrogen and oxygen atoms in total. The van der Waals surface area contributed by atoms with Crippen molar-refractivity contribution in [2.75, 3.05) is 19.7 Å². The van der Waals surface area contributed by atoms with E-state index in [-0.39, 0.29) is 17.4 Å². The maximum atomic E-state index is 13.3. The monoisotopic (exact) mass is 602 g/mol. The van der Waals surface area contributed by atoms with Crippen molar-refractivity contribution in [2.45, 2.75) is 32.9 Å². The summed E-state index contributed by atoms with van der Waals surface area (Å²) in [4.78, 5) is 42.2. The minimum atomic E-state index is -0.484. The van der Waals surface area contributed by atoms with E-state index in [9.17, 15) is 14.4 Å². The molecule has 0 unspecified atom stereocenters. The van der Waals surface area contributed by atoms with Crippen LogP contribution in [0.3, 0.4) is 0 Å². The molecule has 42 heavy (non-hydrogen) atoms. The van der Waals surface area contributed by atoms with Gasteiger partial charge in [-0.25, -0.2) is 0 Å². The number of hydrogen-bond acceptors (Lipinski definition) is 6. The number of carbonyl (C=O) groups is 3. The van der Waals surface area contributed by atoms with Crippen LogP contribution >= 0.6 is 23.4 Å². The zero-order valence-electron chi connectivity index (χ0n) is 23.3. The van der Waals surface area contributed by atoms with E-state index < -0.39 is 11.1 Å². The molecule has 1 fully saturated rings. The first-order valence-electron chi connectivity index (χ1n) is 13.7. The second kappa shape index (κ2) is 13.3. The maximum Gasteiger partial charge on any atom is 0.294 e. The van der Waals surface area contributed by atoms with Crippen LogP contribution in [0.4, 0.5) is 4.79 Å². The first-order valence-corrected chi connectivity index (χ1v) is 14.9. The summed E-state index contributed by atoms with van der Waals surface area (Å²) in [5, 5.41) is 0.188. The molecular weight excluding hydrogens is 572 g/mol.